The molecule has 0 fully saturated rings. The molecule has 0 spiro atoms. The van der Waals surface area contributed by atoms with Crippen LogP contribution in [0.25, 0.3) is 0 Å². The summed E-state index contributed by atoms with van der Waals surface area (Å²) >= 11 is 0. The van der Waals surface area contributed by atoms with Crippen LogP contribution in [0, 0.1) is 11.7 Å². The van der Waals surface area contributed by atoms with Gasteiger partial charge in [0.25, 0.3) is 0 Å². The summed E-state index contributed by atoms with van der Waals surface area (Å²) in [7, 11) is 0. The molecular formula is C13H19FN2O. The van der Waals surface area contributed by atoms with Crippen molar-refractivity contribution in [3.63, 3.8) is 0 Å². The Balaban J connectivity index is 2.61. The zero-order chi connectivity index (χ0) is 12.8. The average molecular weight is 238 g/mol. The van der Waals surface area contributed by atoms with Gasteiger partial charge in [-0.3, -0.25) is 4.79 Å². The molecule has 17 heavy (non-hydrogen) atoms. The number of rotatable bonds is 5. The molecular weight excluding hydrogens is 219 g/mol. The highest BCUT2D eigenvalue weighted by Gasteiger charge is 2.10. The molecule has 0 saturated carbocycles. The van der Waals surface area contributed by atoms with Gasteiger partial charge in [-0.15, -0.1) is 0 Å². The summed E-state index contributed by atoms with van der Waals surface area (Å²) in [4.78, 5) is 11.5. The molecule has 0 aliphatic rings. The second-order valence-corrected chi connectivity index (χ2v) is 4.16. The lowest BCUT2D eigenvalue weighted by molar-refractivity contribution is -0.124. The predicted octanol–water partition coefficient (Wildman–Crippen LogP) is 1.95. The van der Waals surface area contributed by atoms with Gasteiger partial charge in [-0.25, -0.2) is 4.39 Å². The van der Waals surface area contributed by atoms with Gasteiger partial charge < -0.3 is 11.1 Å². The fourth-order valence-electron chi connectivity index (χ4n) is 1.40. The van der Waals surface area contributed by atoms with E-state index in [2.05, 4.69) is 5.32 Å². The molecule has 0 aliphatic heterocycles. The van der Waals surface area contributed by atoms with E-state index in [4.69, 9.17) is 5.73 Å². The second kappa shape index (κ2) is 6.35. The largest absolute Gasteiger partial charge is 0.352 e. The molecule has 1 amide bonds. The van der Waals surface area contributed by atoms with Crippen molar-refractivity contribution in [2.45, 2.75) is 33.4 Å². The summed E-state index contributed by atoms with van der Waals surface area (Å²) in [5, 5.41) is 2.72. The first kappa shape index (κ1) is 13.6. The minimum atomic E-state index is -0.322. The SMILES string of the molecule is CCC(C)C(=O)NCc1ccc(CN)cc1F. The van der Waals surface area contributed by atoms with Crippen molar-refractivity contribution in [2.24, 2.45) is 11.7 Å². The van der Waals surface area contributed by atoms with Crippen molar-refractivity contribution in [3.8, 4) is 0 Å². The molecule has 1 rings (SSSR count). The van der Waals surface area contributed by atoms with Crippen molar-refractivity contribution < 1.29 is 9.18 Å². The van der Waals surface area contributed by atoms with Crippen LogP contribution in [0.3, 0.4) is 0 Å². The Bertz CT molecular complexity index is 393. The Labute approximate surface area is 101 Å². The maximum atomic E-state index is 13.6. The Morgan fingerprint density at radius 3 is 2.76 bits per heavy atom. The first-order chi connectivity index (χ1) is 8.08. The lowest BCUT2D eigenvalue weighted by Gasteiger charge is -2.10. The van der Waals surface area contributed by atoms with Crippen molar-refractivity contribution in [1.29, 1.82) is 0 Å². The molecule has 0 aromatic heterocycles. The van der Waals surface area contributed by atoms with Crippen LogP contribution >= 0.6 is 0 Å². The number of halogens is 1. The van der Waals surface area contributed by atoms with Crippen molar-refractivity contribution in [2.75, 3.05) is 0 Å². The highest BCUT2D eigenvalue weighted by Crippen LogP contribution is 2.10. The van der Waals surface area contributed by atoms with Crippen LogP contribution < -0.4 is 11.1 Å². The van der Waals surface area contributed by atoms with Gasteiger partial charge in [0, 0.05) is 24.6 Å². The first-order valence-corrected chi connectivity index (χ1v) is 5.83. The maximum Gasteiger partial charge on any atom is 0.223 e. The third kappa shape index (κ3) is 3.82. The lowest BCUT2D eigenvalue weighted by Crippen LogP contribution is -2.28. The summed E-state index contributed by atoms with van der Waals surface area (Å²) in [6.07, 6.45) is 0.778. The van der Waals surface area contributed by atoms with E-state index in [9.17, 15) is 9.18 Å². The van der Waals surface area contributed by atoms with E-state index < -0.39 is 0 Å². The third-order valence-electron chi connectivity index (χ3n) is 2.87. The minimum absolute atomic E-state index is 0.0404. The van der Waals surface area contributed by atoms with Crippen LogP contribution in [0.5, 0.6) is 0 Å². The number of hydrogen-bond donors (Lipinski definition) is 2. The molecule has 0 radical (unpaired) electrons. The average Bonchev–Trinajstić information content (AvgIpc) is 2.35. The van der Waals surface area contributed by atoms with Gasteiger partial charge in [0.2, 0.25) is 5.91 Å². The number of nitrogens with one attached hydrogen (secondary N) is 1. The number of carbonyl (C=O) groups is 1. The van der Waals surface area contributed by atoms with Crippen molar-refractivity contribution in [1.82, 2.24) is 5.32 Å². The third-order valence-corrected chi connectivity index (χ3v) is 2.87. The standard InChI is InChI=1S/C13H19FN2O/c1-3-9(2)13(17)16-8-11-5-4-10(7-15)6-12(11)14/h4-6,9H,3,7-8,15H2,1-2H3,(H,16,17). The monoisotopic (exact) mass is 238 g/mol. The van der Waals surface area contributed by atoms with Crippen LogP contribution in [-0.4, -0.2) is 5.91 Å². The molecule has 1 aromatic carbocycles. The molecule has 94 valence electrons. The highest BCUT2D eigenvalue weighted by atomic mass is 19.1. The van der Waals surface area contributed by atoms with Gasteiger partial charge in [-0.05, 0) is 18.1 Å². The van der Waals surface area contributed by atoms with E-state index in [1.807, 2.05) is 13.8 Å². The van der Waals surface area contributed by atoms with Crippen LogP contribution in [0.1, 0.15) is 31.4 Å². The number of carbonyl (C=O) groups excluding carboxylic acids is 1. The molecule has 0 saturated heterocycles. The topological polar surface area (TPSA) is 55.1 Å². The Kier molecular flexibility index (Phi) is 5.10. The molecule has 1 unspecified atom stereocenters. The summed E-state index contributed by atoms with van der Waals surface area (Å²) in [6, 6.07) is 4.84. The van der Waals surface area contributed by atoms with E-state index in [1.165, 1.54) is 6.07 Å². The number of nitrogens with two attached hydrogens (primary N) is 1. The number of amides is 1. The summed E-state index contributed by atoms with van der Waals surface area (Å²) in [5.74, 6) is -0.409. The van der Waals surface area contributed by atoms with Crippen molar-refractivity contribution >= 4 is 5.91 Å². The van der Waals surface area contributed by atoms with Gasteiger partial charge in [0.05, 0.1) is 0 Å². The van der Waals surface area contributed by atoms with E-state index in [1.54, 1.807) is 12.1 Å². The van der Waals surface area contributed by atoms with E-state index in [0.29, 0.717) is 12.1 Å². The fraction of sp³-hybridized carbons (Fsp3) is 0.462. The quantitative estimate of drug-likeness (QED) is 0.823. The van der Waals surface area contributed by atoms with Crippen LogP contribution in [0.15, 0.2) is 18.2 Å². The predicted molar refractivity (Wildman–Crippen MR) is 65.6 cm³/mol. The fourth-order valence-corrected chi connectivity index (χ4v) is 1.40. The summed E-state index contributed by atoms with van der Waals surface area (Å²) < 4.78 is 13.6. The Morgan fingerprint density at radius 2 is 2.24 bits per heavy atom. The second-order valence-electron chi connectivity index (χ2n) is 4.16. The van der Waals surface area contributed by atoms with Gasteiger partial charge in [-0.1, -0.05) is 26.0 Å². The molecule has 1 aromatic rings. The zero-order valence-corrected chi connectivity index (χ0v) is 10.3. The van der Waals surface area contributed by atoms with E-state index in [-0.39, 0.29) is 24.2 Å². The smallest absolute Gasteiger partial charge is 0.223 e. The molecule has 1 atom stereocenters. The number of benzene rings is 1. The van der Waals surface area contributed by atoms with Crippen LogP contribution in [0.2, 0.25) is 0 Å². The normalized spacial score (nSPS) is 12.2. The van der Waals surface area contributed by atoms with Crippen LogP contribution in [0.4, 0.5) is 4.39 Å². The molecule has 0 bridgehead atoms. The zero-order valence-electron chi connectivity index (χ0n) is 10.3. The van der Waals surface area contributed by atoms with Crippen molar-refractivity contribution in [3.05, 3.63) is 35.1 Å². The first-order valence-electron chi connectivity index (χ1n) is 5.83. The van der Waals surface area contributed by atoms with Gasteiger partial charge in [-0.2, -0.15) is 0 Å². The summed E-state index contributed by atoms with van der Waals surface area (Å²) in [5.41, 5.74) is 6.65. The van der Waals surface area contributed by atoms with Crippen LogP contribution in [-0.2, 0) is 17.9 Å². The maximum absolute atomic E-state index is 13.6. The van der Waals surface area contributed by atoms with E-state index >= 15 is 0 Å². The number of hydrogen-bond acceptors (Lipinski definition) is 2. The molecule has 3 nitrogen and oxygen atoms in total. The van der Waals surface area contributed by atoms with Gasteiger partial charge in [0.1, 0.15) is 5.82 Å². The Hall–Kier alpha value is -1.42. The molecule has 4 heteroatoms. The molecule has 3 N–H and O–H groups in total. The Morgan fingerprint density at radius 1 is 1.53 bits per heavy atom. The van der Waals surface area contributed by atoms with Gasteiger partial charge in [0.15, 0.2) is 0 Å². The van der Waals surface area contributed by atoms with Gasteiger partial charge >= 0.3 is 0 Å². The molecule has 0 aliphatic carbocycles. The highest BCUT2D eigenvalue weighted by molar-refractivity contribution is 5.78. The van der Waals surface area contributed by atoms with E-state index in [0.717, 1.165) is 12.0 Å². The lowest BCUT2D eigenvalue weighted by atomic mass is 10.1. The molecule has 0 heterocycles. The minimum Gasteiger partial charge on any atom is -0.352 e. The summed E-state index contributed by atoms with van der Waals surface area (Å²) in [6.45, 7) is 4.33.